The first-order valence-electron chi connectivity index (χ1n) is 11.8. The zero-order chi connectivity index (χ0) is 23.7. The highest BCUT2D eigenvalue weighted by molar-refractivity contribution is 5.96. The molecule has 0 amide bonds. The number of aliphatic hydroxyl groups is 1. The maximum Gasteiger partial charge on any atom is 0.343 e. The molecular weight excluding hydrogens is 432 g/mol. The summed E-state index contributed by atoms with van der Waals surface area (Å²) >= 11 is 0. The molecule has 0 spiro atoms. The van der Waals surface area contributed by atoms with Gasteiger partial charge in [0.1, 0.15) is 17.6 Å². The minimum atomic E-state index is -0.423. The molecule has 0 aromatic heterocycles. The van der Waals surface area contributed by atoms with Crippen molar-refractivity contribution in [3.05, 3.63) is 71.3 Å². The monoisotopic (exact) mass is 460 g/mol. The van der Waals surface area contributed by atoms with E-state index in [9.17, 15) is 14.7 Å². The van der Waals surface area contributed by atoms with Gasteiger partial charge in [-0.1, -0.05) is 36.4 Å². The van der Waals surface area contributed by atoms with Crippen molar-refractivity contribution in [2.75, 3.05) is 13.7 Å². The van der Waals surface area contributed by atoms with E-state index in [1.54, 1.807) is 6.07 Å². The Hall–Kier alpha value is -3.38. The molecule has 1 N–H and O–H groups in total. The molecular formula is C28H28O6. The molecule has 3 aromatic carbocycles. The van der Waals surface area contributed by atoms with Gasteiger partial charge in [-0.15, -0.1) is 0 Å². The number of carbonyl (C=O) groups is 2. The number of rotatable bonds is 7. The number of hydrogen-bond acceptors (Lipinski definition) is 6. The van der Waals surface area contributed by atoms with Crippen LogP contribution in [0.15, 0.2) is 54.6 Å². The number of benzene rings is 3. The van der Waals surface area contributed by atoms with Gasteiger partial charge in [0.2, 0.25) is 0 Å². The number of esters is 2. The normalized spacial score (nSPS) is 20.5. The third-order valence-corrected chi connectivity index (χ3v) is 7.05. The molecule has 2 aliphatic rings. The molecule has 3 atom stereocenters. The topological polar surface area (TPSA) is 82.1 Å². The van der Waals surface area contributed by atoms with E-state index in [0.717, 1.165) is 40.5 Å². The second kappa shape index (κ2) is 9.47. The molecule has 1 unspecified atom stereocenters. The largest absolute Gasteiger partial charge is 0.489 e. The van der Waals surface area contributed by atoms with Crippen molar-refractivity contribution in [3.63, 3.8) is 0 Å². The molecule has 0 bridgehead atoms. The maximum absolute atomic E-state index is 13.1. The van der Waals surface area contributed by atoms with Crippen LogP contribution in [0.5, 0.6) is 11.5 Å². The Bertz CT molecular complexity index is 1230. The third kappa shape index (κ3) is 4.14. The molecule has 3 aromatic rings. The molecule has 1 aliphatic carbocycles. The van der Waals surface area contributed by atoms with Crippen LogP contribution < -0.4 is 9.47 Å². The van der Waals surface area contributed by atoms with Crippen LogP contribution in [0, 0.1) is 5.92 Å². The van der Waals surface area contributed by atoms with Crippen LogP contribution in [-0.2, 0) is 16.0 Å². The first-order valence-corrected chi connectivity index (χ1v) is 11.8. The van der Waals surface area contributed by atoms with Crippen molar-refractivity contribution in [1.82, 2.24) is 0 Å². The summed E-state index contributed by atoms with van der Waals surface area (Å²) in [4.78, 5) is 24.6. The van der Waals surface area contributed by atoms with Gasteiger partial charge in [-0.05, 0) is 66.1 Å². The second-order valence-corrected chi connectivity index (χ2v) is 9.05. The van der Waals surface area contributed by atoms with E-state index in [2.05, 4.69) is 0 Å². The van der Waals surface area contributed by atoms with Crippen LogP contribution in [0.3, 0.4) is 0 Å². The fourth-order valence-corrected chi connectivity index (χ4v) is 5.32. The highest BCUT2D eigenvalue weighted by atomic mass is 16.5. The van der Waals surface area contributed by atoms with Crippen molar-refractivity contribution in [3.8, 4) is 11.5 Å². The van der Waals surface area contributed by atoms with E-state index in [1.165, 1.54) is 7.11 Å². The van der Waals surface area contributed by atoms with E-state index in [0.29, 0.717) is 30.6 Å². The molecule has 34 heavy (non-hydrogen) atoms. The lowest BCUT2D eigenvalue weighted by atomic mass is 9.87. The minimum absolute atomic E-state index is 0.0139. The summed E-state index contributed by atoms with van der Waals surface area (Å²) in [6.45, 7) is 0.0641. The van der Waals surface area contributed by atoms with E-state index < -0.39 is 5.97 Å². The first kappa shape index (κ1) is 22.4. The average molecular weight is 461 g/mol. The summed E-state index contributed by atoms with van der Waals surface area (Å²) in [5.41, 5.74) is 2.33. The summed E-state index contributed by atoms with van der Waals surface area (Å²) in [6.07, 6.45) is 3.31. The second-order valence-electron chi connectivity index (χ2n) is 9.05. The van der Waals surface area contributed by atoms with Gasteiger partial charge >= 0.3 is 11.9 Å². The summed E-state index contributed by atoms with van der Waals surface area (Å²) in [6, 6.07) is 17.1. The minimum Gasteiger partial charge on any atom is -0.489 e. The summed E-state index contributed by atoms with van der Waals surface area (Å²) in [5, 5.41) is 12.0. The lowest BCUT2D eigenvalue weighted by Crippen LogP contribution is -2.18. The van der Waals surface area contributed by atoms with Gasteiger partial charge in [0.05, 0.1) is 12.7 Å². The smallest absolute Gasteiger partial charge is 0.343 e. The molecule has 1 fully saturated rings. The predicted molar refractivity (Wildman–Crippen MR) is 127 cm³/mol. The average Bonchev–Trinajstić information content (AvgIpc) is 3.44. The van der Waals surface area contributed by atoms with E-state index in [1.807, 2.05) is 48.5 Å². The number of methoxy groups -OCH3 is 1. The summed E-state index contributed by atoms with van der Waals surface area (Å²) < 4.78 is 17.0. The van der Waals surface area contributed by atoms with Crippen molar-refractivity contribution < 1.29 is 28.9 Å². The van der Waals surface area contributed by atoms with Gasteiger partial charge in [0.25, 0.3) is 0 Å². The first-order chi connectivity index (χ1) is 16.6. The fraction of sp³-hybridized carbons (Fsp3) is 0.357. The standard InChI is InChI=1S/C28H28O6/c1-32-24(30)8-4-7-18-11-13-23(26-25-21(16-29)12-14-22(25)33-27(18)26)34-28(31)20-10-9-17-5-2-3-6-19(17)15-20/h2-3,5-6,9-11,13,15,21-22,25,29H,4,7-8,12,14,16H2,1H3/t21?,22-,25+/m1/s1. The van der Waals surface area contributed by atoms with Crippen LogP contribution in [0.1, 0.15) is 53.1 Å². The Morgan fingerprint density at radius 3 is 2.68 bits per heavy atom. The number of aliphatic hydroxyl groups excluding tert-OH is 1. The highest BCUT2D eigenvalue weighted by Gasteiger charge is 2.47. The van der Waals surface area contributed by atoms with Gasteiger partial charge in [-0.2, -0.15) is 0 Å². The van der Waals surface area contributed by atoms with Crippen LogP contribution in [0.25, 0.3) is 10.8 Å². The maximum atomic E-state index is 13.1. The number of hydrogen-bond donors (Lipinski definition) is 1. The Labute approximate surface area is 198 Å². The SMILES string of the molecule is COC(=O)CCCc1ccc(OC(=O)c2ccc3ccccc3c2)c2c1O[C@@H]1CCC(CO)[C@H]21. The third-order valence-electron chi connectivity index (χ3n) is 7.05. The lowest BCUT2D eigenvalue weighted by Gasteiger charge is -2.18. The molecule has 5 rings (SSSR count). The Balaban J connectivity index is 1.45. The quantitative estimate of drug-likeness (QED) is 0.403. The van der Waals surface area contributed by atoms with Gasteiger partial charge in [-0.3, -0.25) is 4.79 Å². The number of fused-ring (bicyclic) bond motifs is 4. The predicted octanol–water partition coefficient (Wildman–Crippen LogP) is 4.80. The molecule has 6 heteroatoms. The van der Waals surface area contributed by atoms with Crippen molar-refractivity contribution in [1.29, 1.82) is 0 Å². The van der Waals surface area contributed by atoms with Crippen molar-refractivity contribution in [2.24, 2.45) is 5.92 Å². The van der Waals surface area contributed by atoms with Crippen molar-refractivity contribution in [2.45, 2.75) is 44.1 Å². The van der Waals surface area contributed by atoms with Crippen molar-refractivity contribution >= 4 is 22.7 Å². The lowest BCUT2D eigenvalue weighted by molar-refractivity contribution is -0.140. The van der Waals surface area contributed by atoms with Gasteiger partial charge in [-0.25, -0.2) is 4.79 Å². The van der Waals surface area contributed by atoms with E-state index >= 15 is 0 Å². The van der Waals surface area contributed by atoms with Crippen LogP contribution in [0.2, 0.25) is 0 Å². The zero-order valence-electron chi connectivity index (χ0n) is 19.2. The number of aryl methyl sites for hydroxylation is 1. The van der Waals surface area contributed by atoms with E-state index in [-0.39, 0.29) is 30.5 Å². The van der Waals surface area contributed by atoms with Gasteiger partial charge < -0.3 is 19.3 Å². The Morgan fingerprint density at radius 2 is 1.88 bits per heavy atom. The van der Waals surface area contributed by atoms with Crippen LogP contribution >= 0.6 is 0 Å². The van der Waals surface area contributed by atoms with E-state index in [4.69, 9.17) is 14.2 Å². The number of carbonyl (C=O) groups excluding carboxylic acids is 2. The number of ether oxygens (including phenoxy) is 3. The van der Waals surface area contributed by atoms with Crippen LogP contribution in [-0.4, -0.2) is 36.9 Å². The van der Waals surface area contributed by atoms with Gasteiger partial charge in [0, 0.05) is 24.5 Å². The Morgan fingerprint density at radius 1 is 1.06 bits per heavy atom. The Kier molecular flexibility index (Phi) is 6.24. The summed E-state index contributed by atoms with van der Waals surface area (Å²) in [5.74, 6) is 0.610. The highest BCUT2D eigenvalue weighted by Crippen LogP contribution is 2.54. The molecule has 1 heterocycles. The zero-order valence-corrected chi connectivity index (χ0v) is 19.2. The molecule has 1 aliphatic heterocycles. The van der Waals surface area contributed by atoms with Crippen LogP contribution in [0.4, 0.5) is 0 Å². The molecule has 0 saturated heterocycles. The molecule has 0 radical (unpaired) electrons. The fourth-order valence-electron chi connectivity index (χ4n) is 5.32. The molecule has 6 nitrogen and oxygen atoms in total. The molecule has 1 saturated carbocycles. The summed E-state index contributed by atoms with van der Waals surface area (Å²) in [7, 11) is 1.39. The van der Waals surface area contributed by atoms with Gasteiger partial charge in [0.15, 0.2) is 0 Å². The molecule has 176 valence electrons.